The molecule has 0 saturated carbocycles. The maximum Gasteiger partial charge on any atom is 0.417 e. The smallest absolute Gasteiger partial charge is 0.398 e. The Kier molecular flexibility index (Phi) is 6.03. The SMILES string of the molecule is N/C(=N\c1cc(N2CCCCC2)cc(-c2ccccc2C(F)(F)F)n1)c1ccccc1N. The van der Waals surface area contributed by atoms with Crippen LogP contribution < -0.4 is 16.4 Å². The highest BCUT2D eigenvalue weighted by atomic mass is 19.4. The monoisotopic (exact) mass is 439 g/mol. The lowest BCUT2D eigenvalue weighted by Gasteiger charge is -2.29. The molecule has 1 aliphatic heterocycles. The summed E-state index contributed by atoms with van der Waals surface area (Å²) in [6, 6.07) is 15.9. The number of halogens is 3. The van der Waals surface area contributed by atoms with Gasteiger partial charge in [-0.1, -0.05) is 30.3 Å². The number of pyridine rings is 1. The Bertz CT molecular complexity index is 1130. The van der Waals surface area contributed by atoms with E-state index in [0.717, 1.165) is 44.1 Å². The summed E-state index contributed by atoms with van der Waals surface area (Å²) < 4.78 is 41.0. The Morgan fingerprint density at radius 1 is 0.938 bits per heavy atom. The number of hydrogen-bond donors (Lipinski definition) is 2. The predicted octanol–water partition coefficient (Wildman–Crippen LogP) is 5.38. The van der Waals surface area contributed by atoms with E-state index in [1.165, 1.54) is 12.1 Å². The molecule has 4 rings (SSSR count). The second-order valence-electron chi connectivity index (χ2n) is 7.74. The molecule has 4 N–H and O–H groups in total. The molecule has 0 bridgehead atoms. The first-order valence-corrected chi connectivity index (χ1v) is 10.5. The van der Waals surface area contributed by atoms with Crippen LogP contribution in [0.4, 0.5) is 30.4 Å². The fraction of sp³-hybridized carbons (Fsp3) is 0.250. The van der Waals surface area contributed by atoms with Crippen molar-refractivity contribution in [2.75, 3.05) is 23.7 Å². The van der Waals surface area contributed by atoms with Gasteiger partial charge in [-0.3, -0.25) is 0 Å². The first kappa shape index (κ1) is 21.7. The highest BCUT2D eigenvalue weighted by Crippen LogP contribution is 2.38. The van der Waals surface area contributed by atoms with Crippen LogP contribution in [0.15, 0.2) is 65.7 Å². The molecule has 0 unspecified atom stereocenters. The van der Waals surface area contributed by atoms with E-state index in [1.807, 2.05) is 0 Å². The van der Waals surface area contributed by atoms with Gasteiger partial charge in [-0.05, 0) is 43.5 Å². The van der Waals surface area contributed by atoms with Crippen LogP contribution in [0.2, 0.25) is 0 Å². The van der Waals surface area contributed by atoms with E-state index in [4.69, 9.17) is 11.5 Å². The second kappa shape index (κ2) is 8.90. The molecule has 166 valence electrons. The van der Waals surface area contributed by atoms with Gasteiger partial charge in [-0.2, -0.15) is 13.2 Å². The molecule has 5 nitrogen and oxygen atoms in total. The zero-order valence-electron chi connectivity index (χ0n) is 17.4. The first-order chi connectivity index (χ1) is 15.3. The van der Waals surface area contributed by atoms with Crippen LogP contribution in [0.25, 0.3) is 11.3 Å². The van der Waals surface area contributed by atoms with E-state index in [9.17, 15) is 13.2 Å². The predicted molar refractivity (Wildman–Crippen MR) is 122 cm³/mol. The molecule has 2 aromatic carbocycles. The third-order valence-corrected chi connectivity index (χ3v) is 5.50. The van der Waals surface area contributed by atoms with E-state index < -0.39 is 11.7 Å². The number of nitrogens with zero attached hydrogens (tertiary/aromatic N) is 3. The normalized spacial score (nSPS) is 15.1. The number of hydrogen-bond acceptors (Lipinski definition) is 4. The van der Waals surface area contributed by atoms with Crippen molar-refractivity contribution >= 4 is 23.0 Å². The van der Waals surface area contributed by atoms with Crippen molar-refractivity contribution in [3.8, 4) is 11.3 Å². The molecule has 0 aliphatic carbocycles. The number of para-hydroxylation sites is 1. The van der Waals surface area contributed by atoms with Gasteiger partial charge in [0.2, 0.25) is 0 Å². The van der Waals surface area contributed by atoms with Gasteiger partial charge >= 0.3 is 6.18 Å². The molecule has 3 aromatic rings. The summed E-state index contributed by atoms with van der Waals surface area (Å²) in [5.74, 6) is 0.391. The molecule has 0 spiro atoms. The topological polar surface area (TPSA) is 80.5 Å². The summed E-state index contributed by atoms with van der Waals surface area (Å²) in [7, 11) is 0. The quantitative estimate of drug-likeness (QED) is 0.325. The van der Waals surface area contributed by atoms with Gasteiger partial charge in [0, 0.05) is 41.7 Å². The number of aromatic nitrogens is 1. The molecule has 2 heterocycles. The standard InChI is InChI=1S/C24H24F3N5/c25-24(26,27)19-10-4-2-8-17(19)21-14-16(32-12-6-1-7-13-32)15-22(30-21)31-23(29)18-9-3-5-11-20(18)28/h2-5,8-11,14-15H,1,6-7,12-13,28H2,(H2,29,30,31). The lowest BCUT2D eigenvalue weighted by molar-refractivity contribution is -0.137. The minimum absolute atomic E-state index is 0.00751. The number of nitrogen functional groups attached to an aromatic ring is 1. The van der Waals surface area contributed by atoms with Gasteiger partial charge in [0.05, 0.1) is 11.3 Å². The number of nitrogens with two attached hydrogens (primary N) is 2. The number of aliphatic imine (C=N–C) groups is 1. The molecular formula is C24H24F3N5. The molecular weight excluding hydrogens is 415 g/mol. The Balaban J connectivity index is 1.85. The summed E-state index contributed by atoms with van der Waals surface area (Å²) in [6.07, 6.45) is -1.31. The number of piperidine rings is 1. The van der Waals surface area contributed by atoms with Gasteiger partial charge in [0.25, 0.3) is 0 Å². The molecule has 8 heteroatoms. The van der Waals surface area contributed by atoms with Crippen LogP contribution in [0, 0.1) is 0 Å². The number of anilines is 2. The summed E-state index contributed by atoms with van der Waals surface area (Å²) in [5.41, 5.74) is 13.4. The maximum atomic E-state index is 13.7. The number of amidine groups is 1. The first-order valence-electron chi connectivity index (χ1n) is 10.5. The minimum atomic E-state index is -4.50. The van der Waals surface area contributed by atoms with Crippen molar-refractivity contribution in [2.45, 2.75) is 25.4 Å². The lowest BCUT2D eigenvalue weighted by atomic mass is 10.0. The third kappa shape index (κ3) is 4.69. The van der Waals surface area contributed by atoms with Crippen molar-refractivity contribution < 1.29 is 13.2 Å². The van der Waals surface area contributed by atoms with Gasteiger partial charge in [0.15, 0.2) is 5.82 Å². The van der Waals surface area contributed by atoms with E-state index in [-0.39, 0.29) is 22.9 Å². The molecule has 1 fully saturated rings. The van der Waals surface area contributed by atoms with Gasteiger partial charge in [0.1, 0.15) is 5.84 Å². The van der Waals surface area contributed by atoms with E-state index in [0.29, 0.717) is 11.3 Å². The van der Waals surface area contributed by atoms with Crippen molar-refractivity contribution in [3.63, 3.8) is 0 Å². The van der Waals surface area contributed by atoms with Crippen LogP contribution in [0.5, 0.6) is 0 Å². The Morgan fingerprint density at radius 3 is 2.34 bits per heavy atom. The number of alkyl halides is 3. The zero-order chi connectivity index (χ0) is 22.7. The average Bonchev–Trinajstić information content (AvgIpc) is 2.79. The van der Waals surface area contributed by atoms with Crippen LogP contribution in [-0.2, 0) is 6.18 Å². The molecule has 1 aromatic heterocycles. The van der Waals surface area contributed by atoms with Crippen LogP contribution >= 0.6 is 0 Å². The van der Waals surface area contributed by atoms with Crippen LogP contribution in [0.3, 0.4) is 0 Å². The minimum Gasteiger partial charge on any atom is -0.398 e. The highest BCUT2D eigenvalue weighted by Gasteiger charge is 2.34. The number of benzene rings is 2. The van der Waals surface area contributed by atoms with Gasteiger partial charge in [-0.25, -0.2) is 9.98 Å². The summed E-state index contributed by atoms with van der Waals surface area (Å²) >= 11 is 0. The Hall–Kier alpha value is -3.55. The molecule has 0 atom stereocenters. The maximum absolute atomic E-state index is 13.7. The van der Waals surface area contributed by atoms with Crippen molar-refractivity contribution in [2.24, 2.45) is 10.7 Å². The summed E-state index contributed by atoms with van der Waals surface area (Å²) in [5, 5.41) is 0. The largest absolute Gasteiger partial charge is 0.417 e. The average molecular weight is 439 g/mol. The second-order valence-corrected chi connectivity index (χ2v) is 7.74. The summed E-state index contributed by atoms with van der Waals surface area (Å²) in [6.45, 7) is 1.66. The van der Waals surface area contributed by atoms with Gasteiger partial charge in [-0.15, -0.1) is 0 Å². The molecule has 0 amide bonds. The fourth-order valence-electron chi connectivity index (χ4n) is 3.90. The van der Waals surface area contributed by atoms with E-state index in [1.54, 1.807) is 42.5 Å². The van der Waals surface area contributed by atoms with E-state index in [2.05, 4.69) is 14.9 Å². The van der Waals surface area contributed by atoms with Crippen LogP contribution in [-0.4, -0.2) is 23.9 Å². The third-order valence-electron chi connectivity index (χ3n) is 5.50. The Morgan fingerprint density at radius 2 is 1.62 bits per heavy atom. The zero-order valence-corrected chi connectivity index (χ0v) is 17.4. The molecule has 1 aliphatic rings. The highest BCUT2D eigenvalue weighted by molar-refractivity contribution is 6.03. The van der Waals surface area contributed by atoms with Crippen molar-refractivity contribution in [1.29, 1.82) is 0 Å². The molecule has 1 saturated heterocycles. The number of rotatable bonds is 4. The van der Waals surface area contributed by atoms with Gasteiger partial charge < -0.3 is 16.4 Å². The molecule has 0 radical (unpaired) electrons. The fourth-order valence-corrected chi connectivity index (χ4v) is 3.90. The van der Waals surface area contributed by atoms with Crippen LogP contribution in [0.1, 0.15) is 30.4 Å². The van der Waals surface area contributed by atoms with Crippen molar-refractivity contribution in [3.05, 3.63) is 71.8 Å². The van der Waals surface area contributed by atoms with Crippen molar-refractivity contribution in [1.82, 2.24) is 4.98 Å². The van der Waals surface area contributed by atoms with E-state index >= 15 is 0 Å². The summed E-state index contributed by atoms with van der Waals surface area (Å²) in [4.78, 5) is 11.0. The Labute approximate surface area is 184 Å². The lowest BCUT2D eigenvalue weighted by Crippen LogP contribution is -2.29. The molecule has 32 heavy (non-hydrogen) atoms.